The molecule has 0 aliphatic heterocycles. The molecule has 1 heterocycles. The normalized spacial score (nSPS) is 11.3. The Bertz CT molecular complexity index is 705. The van der Waals surface area contributed by atoms with Crippen LogP contribution in [0.3, 0.4) is 0 Å². The van der Waals surface area contributed by atoms with Crippen LogP contribution in [0, 0.1) is 12.7 Å². The van der Waals surface area contributed by atoms with Crippen LogP contribution in [0.25, 0.3) is 0 Å². The largest absolute Gasteiger partial charge is 0.379 e. The van der Waals surface area contributed by atoms with Crippen molar-refractivity contribution in [2.24, 2.45) is 10.9 Å². The number of aryl methyl sites for hydroxylation is 1. The lowest BCUT2D eigenvalue weighted by atomic mass is 10.1. The molecule has 7 heteroatoms. The van der Waals surface area contributed by atoms with E-state index in [0.29, 0.717) is 5.69 Å². The number of aromatic nitrogens is 1. The lowest BCUT2D eigenvalue weighted by Gasteiger charge is -2.05. The summed E-state index contributed by atoms with van der Waals surface area (Å²) < 4.78 is 13.9. The van der Waals surface area contributed by atoms with Gasteiger partial charge in [0.15, 0.2) is 5.84 Å². The van der Waals surface area contributed by atoms with Crippen molar-refractivity contribution in [2.45, 2.75) is 6.92 Å². The first-order valence-corrected chi connectivity index (χ1v) is 6.29. The Labute approximate surface area is 125 Å². The SMILES string of the molecule is Cc1ccc(Cl)c(C(=O)O/N=C(\N)c2ccccn2)c1F. The van der Waals surface area contributed by atoms with Crippen LogP contribution >= 0.6 is 11.6 Å². The summed E-state index contributed by atoms with van der Waals surface area (Å²) in [6.07, 6.45) is 1.51. The van der Waals surface area contributed by atoms with Gasteiger partial charge in [0.25, 0.3) is 0 Å². The van der Waals surface area contributed by atoms with Gasteiger partial charge in [0.2, 0.25) is 0 Å². The topological polar surface area (TPSA) is 77.6 Å². The van der Waals surface area contributed by atoms with Crippen LogP contribution in [0.4, 0.5) is 4.39 Å². The molecule has 0 fully saturated rings. The molecular formula is C14H11ClFN3O2. The number of nitrogens with zero attached hydrogens (tertiary/aromatic N) is 2. The molecule has 21 heavy (non-hydrogen) atoms. The maximum absolute atomic E-state index is 13.9. The van der Waals surface area contributed by atoms with Crippen LogP contribution in [-0.2, 0) is 4.84 Å². The molecule has 5 nitrogen and oxygen atoms in total. The van der Waals surface area contributed by atoms with Crippen LogP contribution in [0.2, 0.25) is 5.02 Å². The summed E-state index contributed by atoms with van der Waals surface area (Å²) in [4.78, 5) is 20.4. The first-order valence-electron chi connectivity index (χ1n) is 5.91. The lowest BCUT2D eigenvalue weighted by Crippen LogP contribution is -2.17. The maximum Gasteiger partial charge on any atom is 0.370 e. The molecule has 2 N–H and O–H groups in total. The summed E-state index contributed by atoms with van der Waals surface area (Å²) in [6, 6.07) is 7.85. The number of rotatable bonds is 3. The highest BCUT2D eigenvalue weighted by molar-refractivity contribution is 6.33. The van der Waals surface area contributed by atoms with Crippen LogP contribution in [0.5, 0.6) is 0 Å². The van der Waals surface area contributed by atoms with Gasteiger partial charge >= 0.3 is 5.97 Å². The van der Waals surface area contributed by atoms with Gasteiger partial charge in [-0.15, -0.1) is 0 Å². The van der Waals surface area contributed by atoms with Crippen molar-refractivity contribution >= 4 is 23.4 Å². The number of pyridine rings is 1. The number of oxime groups is 1. The third kappa shape index (κ3) is 3.35. The molecule has 1 aromatic heterocycles. The van der Waals surface area contributed by atoms with Gasteiger partial charge in [0, 0.05) is 6.20 Å². The summed E-state index contributed by atoms with van der Waals surface area (Å²) in [5.74, 6) is -1.88. The molecule has 1 aromatic carbocycles. The van der Waals surface area contributed by atoms with Gasteiger partial charge < -0.3 is 10.6 Å². The second-order valence-electron chi connectivity index (χ2n) is 4.12. The quantitative estimate of drug-likeness (QED) is 0.409. The Morgan fingerprint density at radius 2 is 2.14 bits per heavy atom. The first-order chi connectivity index (χ1) is 10.0. The van der Waals surface area contributed by atoms with Gasteiger partial charge in [-0.25, -0.2) is 9.18 Å². The zero-order chi connectivity index (χ0) is 15.4. The Morgan fingerprint density at radius 3 is 2.81 bits per heavy atom. The van der Waals surface area contributed by atoms with Crippen molar-refractivity contribution < 1.29 is 14.0 Å². The Balaban J connectivity index is 2.22. The van der Waals surface area contributed by atoms with Crippen molar-refractivity contribution in [3.05, 3.63) is 64.2 Å². The molecule has 0 radical (unpaired) electrons. The zero-order valence-electron chi connectivity index (χ0n) is 11.0. The smallest absolute Gasteiger partial charge is 0.370 e. The van der Waals surface area contributed by atoms with E-state index < -0.39 is 11.8 Å². The fourth-order valence-corrected chi connectivity index (χ4v) is 1.76. The lowest BCUT2D eigenvalue weighted by molar-refractivity contribution is 0.0510. The number of hydrogen-bond donors (Lipinski definition) is 1. The van der Waals surface area contributed by atoms with Crippen LogP contribution < -0.4 is 5.73 Å². The van der Waals surface area contributed by atoms with Gasteiger partial charge in [-0.3, -0.25) is 4.98 Å². The molecule has 0 bridgehead atoms. The highest BCUT2D eigenvalue weighted by atomic mass is 35.5. The number of nitrogens with two attached hydrogens (primary N) is 1. The minimum absolute atomic E-state index is 0.0605. The van der Waals surface area contributed by atoms with Crippen molar-refractivity contribution in [2.75, 3.05) is 0 Å². The molecule has 0 spiro atoms. The molecule has 0 atom stereocenters. The van der Waals surface area contributed by atoms with E-state index in [2.05, 4.69) is 15.0 Å². The highest BCUT2D eigenvalue weighted by Crippen LogP contribution is 2.22. The standard InChI is InChI=1S/C14H11ClFN3O2/c1-8-5-6-9(15)11(12(8)16)14(20)21-19-13(17)10-4-2-3-7-18-10/h2-7H,1H3,(H2,17,19). The number of halogens is 2. The Kier molecular flexibility index (Phi) is 4.49. The van der Waals surface area contributed by atoms with Gasteiger partial charge in [-0.05, 0) is 30.7 Å². The van der Waals surface area contributed by atoms with Crippen LogP contribution in [0.15, 0.2) is 41.7 Å². The van der Waals surface area contributed by atoms with Gasteiger partial charge in [0.1, 0.15) is 17.1 Å². The molecule has 2 aromatic rings. The third-order valence-electron chi connectivity index (χ3n) is 2.64. The highest BCUT2D eigenvalue weighted by Gasteiger charge is 2.20. The molecule has 0 aliphatic carbocycles. The van der Waals surface area contributed by atoms with E-state index in [4.69, 9.17) is 17.3 Å². The minimum atomic E-state index is -1.03. The average molecular weight is 308 g/mol. The second kappa shape index (κ2) is 6.32. The molecular weight excluding hydrogens is 297 g/mol. The van der Waals surface area contributed by atoms with Crippen LogP contribution in [0.1, 0.15) is 21.6 Å². The molecule has 0 amide bonds. The average Bonchev–Trinajstić information content (AvgIpc) is 2.50. The first kappa shape index (κ1) is 14.9. The van der Waals surface area contributed by atoms with Gasteiger partial charge in [-0.2, -0.15) is 0 Å². The Morgan fingerprint density at radius 1 is 1.38 bits per heavy atom. The predicted octanol–water partition coefficient (Wildman–Crippen LogP) is 2.66. The fraction of sp³-hybridized carbons (Fsp3) is 0.0714. The summed E-state index contributed by atoms with van der Waals surface area (Å²) in [5, 5.41) is 3.38. The Hall–Kier alpha value is -2.47. The number of carbonyl (C=O) groups is 1. The van der Waals surface area contributed by atoms with E-state index in [9.17, 15) is 9.18 Å². The number of carbonyl (C=O) groups excluding carboxylic acids is 1. The predicted molar refractivity (Wildman–Crippen MR) is 76.5 cm³/mol. The van der Waals surface area contributed by atoms with E-state index >= 15 is 0 Å². The van der Waals surface area contributed by atoms with E-state index in [0.717, 1.165) is 0 Å². The fourth-order valence-electron chi connectivity index (χ4n) is 1.54. The second-order valence-corrected chi connectivity index (χ2v) is 4.53. The van der Waals surface area contributed by atoms with E-state index in [1.807, 2.05) is 0 Å². The molecule has 108 valence electrons. The van der Waals surface area contributed by atoms with E-state index in [-0.39, 0.29) is 22.0 Å². The van der Waals surface area contributed by atoms with Crippen LogP contribution in [-0.4, -0.2) is 16.8 Å². The summed E-state index contributed by atoms with van der Waals surface area (Å²) in [6.45, 7) is 1.51. The maximum atomic E-state index is 13.9. The summed E-state index contributed by atoms with van der Waals surface area (Å²) in [5.41, 5.74) is 5.84. The molecule has 2 rings (SSSR count). The number of benzene rings is 1. The summed E-state index contributed by atoms with van der Waals surface area (Å²) >= 11 is 5.80. The monoisotopic (exact) mass is 307 g/mol. The van der Waals surface area contributed by atoms with Crippen molar-refractivity contribution in [3.63, 3.8) is 0 Å². The van der Waals surface area contributed by atoms with E-state index in [1.54, 1.807) is 18.2 Å². The van der Waals surface area contributed by atoms with Crippen molar-refractivity contribution in [1.82, 2.24) is 4.98 Å². The minimum Gasteiger partial charge on any atom is -0.379 e. The number of amidine groups is 1. The zero-order valence-corrected chi connectivity index (χ0v) is 11.8. The van der Waals surface area contributed by atoms with E-state index in [1.165, 1.54) is 25.3 Å². The van der Waals surface area contributed by atoms with Gasteiger partial charge in [0.05, 0.1) is 5.02 Å². The number of hydrogen-bond acceptors (Lipinski definition) is 4. The molecule has 0 aliphatic rings. The molecule has 0 saturated heterocycles. The molecule has 0 saturated carbocycles. The molecule has 0 unspecified atom stereocenters. The van der Waals surface area contributed by atoms with Crippen molar-refractivity contribution in [1.29, 1.82) is 0 Å². The van der Waals surface area contributed by atoms with Gasteiger partial charge in [-0.1, -0.05) is 28.9 Å². The van der Waals surface area contributed by atoms with Crippen molar-refractivity contribution in [3.8, 4) is 0 Å². The third-order valence-corrected chi connectivity index (χ3v) is 2.96. The summed E-state index contributed by atoms with van der Waals surface area (Å²) in [7, 11) is 0.